The maximum Gasteiger partial charge on any atom is 0.259 e. The second kappa shape index (κ2) is 5.72. The Morgan fingerprint density at radius 2 is 1.82 bits per heavy atom. The summed E-state index contributed by atoms with van der Waals surface area (Å²) in [7, 11) is 0. The summed E-state index contributed by atoms with van der Waals surface area (Å²) >= 11 is 0. The minimum absolute atomic E-state index is 0.00210. The Bertz CT molecular complexity index is 712. The van der Waals surface area contributed by atoms with Gasteiger partial charge in [0.25, 0.3) is 5.56 Å². The molecule has 2 aliphatic heterocycles. The van der Waals surface area contributed by atoms with Gasteiger partial charge in [-0.05, 0) is 50.9 Å². The molecule has 0 N–H and O–H groups in total. The van der Waals surface area contributed by atoms with Gasteiger partial charge in [-0.3, -0.25) is 9.20 Å². The van der Waals surface area contributed by atoms with Gasteiger partial charge in [-0.25, -0.2) is 4.98 Å². The van der Waals surface area contributed by atoms with E-state index in [1.807, 2.05) is 18.2 Å². The lowest BCUT2D eigenvalue weighted by molar-refractivity contribution is 0.207. The third-order valence-electron chi connectivity index (χ3n) is 5.00. The average Bonchev–Trinajstić information content (AvgIpc) is 3.09. The first kappa shape index (κ1) is 13.8. The second-order valence-corrected chi connectivity index (χ2v) is 6.34. The first-order valence-corrected chi connectivity index (χ1v) is 8.29. The number of nitrogens with zero attached hydrogens (tertiary/aromatic N) is 4. The number of piperidine rings is 1. The van der Waals surface area contributed by atoms with Crippen molar-refractivity contribution in [1.29, 1.82) is 0 Å². The molecule has 116 valence electrons. The van der Waals surface area contributed by atoms with Gasteiger partial charge < -0.3 is 9.80 Å². The Morgan fingerprint density at radius 1 is 1.05 bits per heavy atom. The van der Waals surface area contributed by atoms with Crippen LogP contribution in [0.1, 0.15) is 25.7 Å². The van der Waals surface area contributed by atoms with E-state index in [1.54, 1.807) is 16.7 Å². The molecule has 4 heterocycles. The molecule has 4 rings (SSSR count). The lowest BCUT2D eigenvalue weighted by Gasteiger charge is -2.37. The van der Waals surface area contributed by atoms with Gasteiger partial charge in [0.2, 0.25) is 0 Å². The molecule has 0 amide bonds. The first-order chi connectivity index (χ1) is 10.8. The summed E-state index contributed by atoms with van der Waals surface area (Å²) in [5.41, 5.74) is 0.730. The standard InChI is InChI=1S/C17H22N4O/c22-17-13-16(18-15-5-1-2-10-21(15)17)20-11-6-14(7-12-20)19-8-3-4-9-19/h1-2,5,10,13-14H,3-4,6-9,11-12H2. The first-order valence-electron chi connectivity index (χ1n) is 8.29. The van der Waals surface area contributed by atoms with E-state index in [0.717, 1.165) is 30.6 Å². The van der Waals surface area contributed by atoms with Crippen molar-refractivity contribution in [1.82, 2.24) is 14.3 Å². The van der Waals surface area contributed by atoms with Crippen molar-refractivity contribution in [2.75, 3.05) is 31.1 Å². The normalized spacial score (nSPS) is 20.8. The zero-order valence-corrected chi connectivity index (χ0v) is 12.8. The molecule has 0 radical (unpaired) electrons. The summed E-state index contributed by atoms with van der Waals surface area (Å²) in [6.07, 6.45) is 6.83. The van der Waals surface area contributed by atoms with Crippen LogP contribution in [-0.4, -0.2) is 46.5 Å². The van der Waals surface area contributed by atoms with Gasteiger partial charge in [0.05, 0.1) is 0 Å². The number of fused-ring (bicyclic) bond motifs is 1. The summed E-state index contributed by atoms with van der Waals surface area (Å²) in [5.74, 6) is 0.830. The van der Waals surface area contributed by atoms with E-state index >= 15 is 0 Å². The van der Waals surface area contributed by atoms with Gasteiger partial charge in [-0.2, -0.15) is 0 Å². The third-order valence-corrected chi connectivity index (χ3v) is 5.00. The van der Waals surface area contributed by atoms with E-state index < -0.39 is 0 Å². The van der Waals surface area contributed by atoms with Gasteiger partial charge >= 0.3 is 0 Å². The quantitative estimate of drug-likeness (QED) is 0.847. The second-order valence-electron chi connectivity index (χ2n) is 6.34. The fourth-order valence-corrected chi connectivity index (χ4v) is 3.77. The number of anilines is 1. The average molecular weight is 298 g/mol. The van der Waals surface area contributed by atoms with Gasteiger partial charge in [0, 0.05) is 31.4 Å². The molecule has 2 aromatic heterocycles. The topological polar surface area (TPSA) is 40.9 Å². The van der Waals surface area contributed by atoms with E-state index in [9.17, 15) is 4.79 Å². The van der Waals surface area contributed by atoms with E-state index in [1.165, 1.54) is 38.8 Å². The summed E-state index contributed by atoms with van der Waals surface area (Å²) in [4.78, 5) is 21.8. The SMILES string of the molecule is O=c1cc(N2CCC(N3CCCC3)CC2)nc2ccccn12. The lowest BCUT2D eigenvalue weighted by atomic mass is 10.0. The van der Waals surface area contributed by atoms with Crippen molar-refractivity contribution < 1.29 is 0 Å². The molecule has 0 aromatic carbocycles. The zero-order valence-electron chi connectivity index (χ0n) is 12.8. The molecule has 2 aliphatic rings. The number of pyridine rings is 1. The van der Waals surface area contributed by atoms with Crippen LogP contribution in [0.5, 0.6) is 0 Å². The van der Waals surface area contributed by atoms with E-state index in [-0.39, 0.29) is 5.56 Å². The van der Waals surface area contributed by atoms with Crippen molar-refractivity contribution in [3.63, 3.8) is 0 Å². The molecular formula is C17H22N4O. The maximum absolute atomic E-state index is 12.2. The van der Waals surface area contributed by atoms with Crippen LogP contribution in [0.25, 0.3) is 5.65 Å². The van der Waals surface area contributed by atoms with Crippen LogP contribution in [0.4, 0.5) is 5.82 Å². The molecule has 5 nitrogen and oxygen atoms in total. The van der Waals surface area contributed by atoms with Crippen molar-refractivity contribution >= 4 is 11.5 Å². The van der Waals surface area contributed by atoms with Gasteiger partial charge in [-0.1, -0.05) is 6.07 Å². The van der Waals surface area contributed by atoms with Crippen LogP contribution in [0.2, 0.25) is 0 Å². The number of hydrogen-bond acceptors (Lipinski definition) is 4. The fraction of sp³-hybridized carbons (Fsp3) is 0.529. The molecule has 0 unspecified atom stereocenters. The van der Waals surface area contributed by atoms with Gasteiger partial charge in [0.1, 0.15) is 11.5 Å². The van der Waals surface area contributed by atoms with Crippen LogP contribution in [0.15, 0.2) is 35.3 Å². The molecule has 2 fully saturated rings. The van der Waals surface area contributed by atoms with Crippen molar-refractivity contribution in [2.45, 2.75) is 31.7 Å². The van der Waals surface area contributed by atoms with Crippen molar-refractivity contribution in [3.8, 4) is 0 Å². The molecule has 22 heavy (non-hydrogen) atoms. The largest absolute Gasteiger partial charge is 0.356 e. The van der Waals surface area contributed by atoms with E-state index in [4.69, 9.17) is 0 Å². The molecule has 2 aromatic rings. The molecule has 0 spiro atoms. The summed E-state index contributed by atoms with van der Waals surface area (Å²) in [6.45, 7) is 4.52. The van der Waals surface area contributed by atoms with E-state index in [0.29, 0.717) is 0 Å². The molecule has 0 atom stereocenters. The Morgan fingerprint density at radius 3 is 2.59 bits per heavy atom. The molecule has 0 saturated carbocycles. The number of likely N-dealkylation sites (tertiary alicyclic amines) is 1. The predicted octanol–water partition coefficient (Wildman–Crippen LogP) is 1.76. The van der Waals surface area contributed by atoms with Crippen LogP contribution in [0.3, 0.4) is 0 Å². The summed E-state index contributed by atoms with van der Waals surface area (Å²) in [6, 6.07) is 8.06. The highest BCUT2D eigenvalue weighted by Crippen LogP contribution is 2.23. The highest BCUT2D eigenvalue weighted by atomic mass is 16.1. The smallest absolute Gasteiger partial charge is 0.259 e. The molecule has 2 saturated heterocycles. The summed E-state index contributed by atoms with van der Waals surface area (Å²) in [5, 5.41) is 0. The van der Waals surface area contributed by atoms with Crippen LogP contribution >= 0.6 is 0 Å². The minimum Gasteiger partial charge on any atom is -0.356 e. The van der Waals surface area contributed by atoms with Gasteiger partial charge in [0.15, 0.2) is 0 Å². The van der Waals surface area contributed by atoms with Crippen LogP contribution in [0, 0.1) is 0 Å². The minimum atomic E-state index is 0.00210. The fourth-order valence-electron chi connectivity index (χ4n) is 3.77. The highest BCUT2D eigenvalue weighted by molar-refractivity contribution is 5.48. The lowest BCUT2D eigenvalue weighted by Crippen LogP contribution is -2.44. The molecule has 0 aliphatic carbocycles. The Labute approximate surface area is 130 Å². The molecule has 0 bridgehead atoms. The Kier molecular flexibility index (Phi) is 3.58. The molecule has 5 heteroatoms. The Hall–Kier alpha value is -1.88. The van der Waals surface area contributed by atoms with Crippen LogP contribution < -0.4 is 10.5 Å². The maximum atomic E-state index is 12.2. The monoisotopic (exact) mass is 298 g/mol. The number of hydrogen-bond donors (Lipinski definition) is 0. The Balaban J connectivity index is 1.52. The van der Waals surface area contributed by atoms with E-state index in [2.05, 4.69) is 14.8 Å². The number of aromatic nitrogens is 2. The number of rotatable bonds is 2. The highest BCUT2D eigenvalue weighted by Gasteiger charge is 2.27. The van der Waals surface area contributed by atoms with Crippen LogP contribution in [-0.2, 0) is 0 Å². The third kappa shape index (κ3) is 2.50. The zero-order chi connectivity index (χ0) is 14.9. The predicted molar refractivity (Wildman–Crippen MR) is 87.5 cm³/mol. The summed E-state index contributed by atoms with van der Waals surface area (Å²) < 4.78 is 1.60. The molecular weight excluding hydrogens is 276 g/mol. The van der Waals surface area contributed by atoms with Gasteiger partial charge in [-0.15, -0.1) is 0 Å². The van der Waals surface area contributed by atoms with Crippen molar-refractivity contribution in [3.05, 3.63) is 40.8 Å². The van der Waals surface area contributed by atoms with Crippen molar-refractivity contribution in [2.24, 2.45) is 0 Å².